The number of nitriles is 1. The Morgan fingerprint density at radius 3 is 2.67 bits per heavy atom. The second-order valence-corrected chi connectivity index (χ2v) is 3.65. The zero-order valence-corrected chi connectivity index (χ0v) is 9.45. The number of nitrogen functional groups attached to an aromatic ring is 1. The maximum Gasteiger partial charge on any atom is 0.140 e. The van der Waals surface area contributed by atoms with Gasteiger partial charge in [-0.25, -0.2) is 4.68 Å². The standard InChI is InChI=1S/C11H18N4/c1-3-5-7-15-11(13)9(8-12)10(14-15)6-4-2/h3-7,13H2,1-2H3. The number of rotatable bonds is 5. The highest BCUT2D eigenvalue weighted by Crippen LogP contribution is 2.17. The number of hydrogen-bond donors (Lipinski definition) is 1. The van der Waals surface area contributed by atoms with Crippen LogP contribution in [0.2, 0.25) is 0 Å². The first-order valence-electron chi connectivity index (χ1n) is 5.49. The third-order valence-electron chi connectivity index (χ3n) is 2.39. The van der Waals surface area contributed by atoms with Crippen molar-refractivity contribution in [2.75, 3.05) is 5.73 Å². The molecule has 1 aromatic rings. The predicted octanol–water partition coefficient (Wildman–Crippen LogP) is 2.09. The van der Waals surface area contributed by atoms with E-state index < -0.39 is 0 Å². The number of nitrogens with two attached hydrogens (primary N) is 1. The number of nitrogens with zero attached hydrogens (tertiary/aromatic N) is 3. The van der Waals surface area contributed by atoms with Gasteiger partial charge >= 0.3 is 0 Å². The molecule has 0 aliphatic rings. The van der Waals surface area contributed by atoms with Crippen molar-refractivity contribution in [3.05, 3.63) is 11.3 Å². The van der Waals surface area contributed by atoms with Gasteiger partial charge in [-0.2, -0.15) is 10.4 Å². The Kier molecular flexibility index (Phi) is 4.17. The highest BCUT2D eigenvalue weighted by atomic mass is 15.3. The number of hydrogen-bond acceptors (Lipinski definition) is 3. The van der Waals surface area contributed by atoms with Gasteiger partial charge in [-0.3, -0.25) is 0 Å². The molecule has 0 saturated heterocycles. The van der Waals surface area contributed by atoms with E-state index in [9.17, 15) is 0 Å². The molecule has 0 saturated carbocycles. The van der Waals surface area contributed by atoms with Crippen molar-refractivity contribution in [3.8, 4) is 6.07 Å². The van der Waals surface area contributed by atoms with Crippen molar-refractivity contribution >= 4 is 5.82 Å². The summed E-state index contributed by atoms with van der Waals surface area (Å²) < 4.78 is 1.76. The largest absolute Gasteiger partial charge is 0.383 e. The van der Waals surface area contributed by atoms with Crippen LogP contribution in [0.4, 0.5) is 5.82 Å². The molecule has 0 aromatic carbocycles. The summed E-state index contributed by atoms with van der Waals surface area (Å²) in [4.78, 5) is 0. The average Bonchev–Trinajstić information content (AvgIpc) is 2.52. The normalized spacial score (nSPS) is 10.2. The lowest BCUT2D eigenvalue weighted by Gasteiger charge is -2.01. The Hall–Kier alpha value is -1.50. The lowest BCUT2D eigenvalue weighted by molar-refractivity contribution is 0.571. The Balaban J connectivity index is 2.94. The van der Waals surface area contributed by atoms with Crippen LogP contribution in [0, 0.1) is 11.3 Å². The van der Waals surface area contributed by atoms with Gasteiger partial charge in [0.15, 0.2) is 0 Å². The fraction of sp³-hybridized carbons (Fsp3) is 0.636. The van der Waals surface area contributed by atoms with Crippen LogP contribution < -0.4 is 5.73 Å². The minimum absolute atomic E-state index is 0.523. The summed E-state index contributed by atoms with van der Waals surface area (Å²) in [5.74, 6) is 0.523. The van der Waals surface area contributed by atoms with Crippen molar-refractivity contribution in [3.63, 3.8) is 0 Å². The Morgan fingerprint density at radius 1 is 1.40 bits per heavy atom. The van der Waals surface area contributed by atoms with E-state index in [-0.39, 0.29) is 0 Å². The molecule has 4 nitrogen and oxygen atoms in total. The summed E-state index contributed by atoms with van der Waals surface area (Å²) in [6.45, 7) is 5.00. The van der Waals surface area contributed by atoms with Crippen LogP contribution in [-0.4, -0.2) is 9.78 Å². The van der Waals surface area contributed by atoms with Crippen molar-refractivity contribution in [1.82, 2.24) is 9.78 Å². The number of aromatic nitrogens is 2. The van der Waals surface area contributed by atoms with Gasteiger partial charge in [-0.05, 0) is 12.8 Å². The summed E-state index contributed by atoms with van der Waals surface area (Å²) >= 11 is 0. The molecule has 0 bridgehead atoms. The first kappa shape index (κ1) is 11.6. The maximum absolute atomic E-state index is 8.98. The van der Waals surface area contributed by atoms with E-state index in [1.54, 1.807) is 4.68 Å². The van der Waals surface area contributed by atoms with E-state index in [4.69, 9.17) is 11.0 Å². The van der Waals surface area contributed by atoms with Gasteiger partial charge in [0, 0.05) is 6.54 Å². The molecule has 15 heavy (non-hydrogen) atoms. The summed E-state index contributed by atoms with van der Waals surface area (Å²) in [6.07, 6.45) is 3.96. The number of unbranched alkanes of at least 4 members (excludes halogenated alkanes) is 1. The molecule has 1 aromatic heterocycles. The van der Waals surface area contributed by atoms with Crippen molar-refractivity contribution in [1.29, 1.82) is 5.26 Å². The number of anilines is 1. The zero-order chi connectivity index (χ0) is 11.3. The molecule has 1 heterocycles. The Labute approximate surface area is 90.7 Å². The fourth-order valence-electron chi connectivity index (χ4n) is 1.54. The lowest BCUT2D eigenvalue weighted by atomic mass is 10.2. The molecule has 4 heteroatoms. The van der Waals surface area contributed by atoms with Crippen molar-refractivity contribution in [2.24, 2.45) is 0 Å². The molecule has 0 amide bonds. The zero-order valence-electron chi connectivity index (χ0n) is 9.45. The Morgan fingerprint density at radius 2 is 2.13 bits per heavy atom. The van der Waals surface area contributed by atoms with E-state index in [1.165, 1.54) is 0 Å². The molecule has 0 unspecified atom stereocenters. The van der Waals surface area contributed by atoms with Crippen LogP contribution in [0.3, 0.4) is 0 Å². The quantitative estimate of drug-likeness (QED) is 0.802. The summed E-state index contributed by atoms with van der Waals surface area (Å²) in [5, 5.41) is 13.4. The fourth-order valence-corrected chi connectivity index (χ4v) is 1.54. The highest BCUT2D eigenvalue weighted by Gasteiger charge is 2.13. The Bertz CT molecular complexity index is 359. The van der Waals surface area contributed by atoms with Gasteiger partial charge in [0.1, 0.15) is 17.5 Å². The van der Waals surface area contributed by atoms with E-state index in [0.717, 1.165) is 37.9 Å². The maximum atomic E-state index is 8.98. The minimum Gasteiger partial charge on any atom is -0.383 e. The van der Waals surface area contributed by atoms with Crippen LogP contribution >= 0.6 is 0 Å². The van der Waals surface area contributed by atoms with Crippen molar-refractivity contribution in [2.45, 2.75) is 46.1 Å². The van der Waals surface area contributed by atoms with Crippen LogP contribution in [0.25, 0.3) is 0 Å². The molecular formula is C11H18N4. The van der Waals surface area contributed by atoms with Crippen molar-refractivity contribution < 1.29 is 0 Å². The first-order chi connectivity index (χ1) is 7.24. The molecule has 2 N–H and O–H groups in total. The van der Waals surface area contributed by atoms with Gasteiger partial charge < -0.3 is 5.73 Å². The molecule has 0 aliphatic heterocycles. The van der Waals surface area contributed by atoms with Crippen LogP contribution in [0.5, 0.6) is 0 Å². The summed E-state index contributed by atoms with van der Waals surface area (Å²) in [7, 11) is 0. The minimum atomic E-state index is 0.523. The van der Waals surface area contributed by atoms with E-state index >= 15 is 0 Å². The van der Waals surface area contributed by atoms with E-state index in [1.807, 2.05) is 0 Å². The molecule has 1 rings (SSSR count). The monoisotopic (exact) mass is 206 g/mol. The third kappa shape index (κ3) is 2.50. The molecule has 0 fully saturated rings. The van der Waals surface area contributed by atoms with Crippen LogP contribution in [0.1, 0.15) is 44.4 Å². The van der Waals surface area contributed by atoms with Gasteiger partial charge in [0.25, 0.3) is 0 Å². The molecule has 0 atom stereocenters. The predicted molar refractivity (Wildman–Crippen MR) is 60.3 cm³/mol. The number of aryl methyl sites for hydroxylation is 2. The smallest absolute Gasteiger partial charge is 0.140 e. The molecule has 0 spiro atoms. The first-order valence-corrected chi connectivity index (χ1v) is 5.49. The summed E-state index contributed by atoms with van der Waals surface area (Å²) in [5.41, 5.74) is 7.27. The third-order valence-corrected chi connectivity index (χ3v) is 2.39. The van der Waals surface area contributed by atoms with Crippen LogP contribution in [0.15, 0.2) is 0 Å². The lowest BCUT2D eigenvalue weighted by Crippen LogP contribution is -2.05. The second-order valence-electron chi connectivity index (χ2n) is 3.65. The molecule has 82 valence electrons. The van der Waals surface area contributed by atoms with Gasteiger partial charge in [-0.1, -0.05) is 26.7 Å². The average molecular weight is 206 g/mol. The van der Waals surface area contributed by atoms with E-state index in [2.05, 4.69) is 25.0 Å². The van der Waals surface area contributed by atoms with Gasteiger partial charge in [-0.15, -0.1) is 0 Å². The summed E-state index contributed by atoms with van der Waals surface area (Å²) in [6, 6.07) is 2.14. The SMILES string of the molecule is CCCCn1nc(CCC)c(C#N)c1N. The van der Waals surface area contributed by atoms with Gasteiger partial charge in [0.2, 0.25) is 0 Å². The topological polar surface area (TPSA) is 67.6 Å². The van der Waals surface area contributed by atoms with Gasteiger partial charge in [0.05, 0.1) is 5.69 Å². The highest BCUT2D eigenvalue weighted by molar-refractivity contribution is 5.52. The van der Waals surface area contributed by atoms with Crippen LogP contribution in [-0.2, 0) is 13.0 Å². The molecule has 0 radical (unpaired) electrons. The molecule has 0 aliphatic carbocycles. The van der Waals surface area contributed by atoms with E-state index in [0.29, 0.717) is 11.4 Å². The molecular weight excluding hydrogens is 188 g/mol. The second kappa shape index (κ2) is 5.40.